The number of hydrogen-bond acceptors (Lipinski definition) is 5. The summed E-state index contributed by atoms with van der Waals surface area (Å²) in [7, 11) is 0. The average Bonchev–Trinajstić information content (AvgIpc) is 3.21. The van der Waals surface area contributed by atoms with Crippen molar-refractivity contribution in [2.75, 3.05) is 19.6 Å². The highest BCUT2D eigenvalue weighted by Gasteiger charge is 2.33. The van der Waals surface area contributed by atoms with Gasteiger partial charge >= 0.3 is 0 Å². The van der Waals surface area contributed by atoms with Crippen molar-refractivity contribution in [2.45, 2.75) is 33.4 Å². The summed E-state index contributed by atoms with van der Waals surface area (Å²) in [5, 5.41) is 9.44. The van der Waals surface area contributed by atoms with Crippen LogP contribution in [0, 0.1) is 5.41 Å². The minimum absolute atomic E-state index is 0. The van der Waals surface area contributed by atoms with Crippen LogP contribution < -0.4 is 11.3 Å². The average molecular weight is 377 g/mol. The number of rotatable bonds is 4. The lowest BCUT2D eigenvalue weighted by Crippen LogP contribution is -2.31. The highest BCUT2D eigenvalue weighted by Crippen LogP contribution is 2.29. The number of para-hydroxylation sites is 1. The van der Waals surface area contributed by atoms with E-state index < -0.39 is 0 Å². The van der Waals surface area contributed by atoms with Crippen LogP contribution in [0.3, 0.4) is 0 Å². The smallest absolute Gasteiger partial charge is 0.262 e. The van der Waals surface area contributed by atoms with E-state index in [4.69, 9.17) is 5.73 Å². The monoisotopic (exact) mass is 376 g/mol. The molecule has 7 nitrogen and oxygen atoms in total. The highest BCUT2D eigenvalue weighted by atomic mass is 35.5. The van der Waals surface area contributed by atoms with E-state index >= 15 is 0 Å². The van der Waals surface area contributed by atoms with Crippen LogP contribution in [0.5, 0.6) is 0 Å². The maximum atomic E-state index is 12.7. The second kappa shape index (κ2) is 6.98. The van der Waals surface area contributed by atoms with Crippen molar-refractivity contribution in [3.05, 3.63) is 40.4 Å². The molecule has 1 saturated heterocycles. The van der Waals surface area contributed by atoms with Crippen LogP contribution >= 0.6 is 12.4 Å². The van der Waals surface area contributed by atoms with E-state index in [1.807, 2.05) is 35.6 Å². The van der Waals surface area contributed by atoms with Gasteiger partial charge in [-0.3, -0.25) is 18.7 Å². The number of benzene rings is 1. The molecule has 1 unspecified atom stereocenters. The third-order valence-electron chi connectivity index (χ3n) is 5.39. The van der Waals surface area contributed by atoms with E-state index in [1.54, 1.807) is 4.57 Å². The molecule has 0 bridgehead atoms. The first-order valence-corrected chi connectivity index (χ1v) is 8.84. The summed E-state index contributed by atoms with van der Waals surface area (Å²) in [5.74, 6) is 1.48. The normalized spacial score (nSPS) is 20.7. The first-order chi connectivity index (χ1) is 12.1. The van der Waals surface area contributed by atoms with Crippen molar-refractivity contribution < 1.29 is 0 Å². The van der Waals surface area contributed by atoms with Gasteiger partial charge in [0.05, 0.1) is 17.4 Å². The molecule has 3 aromatic rings. The van der Waals surface area contributed by atoms with Gasteiger partial charge in [0.2, 0.25) is 5.78 Å². The predicted octanol–water partition coefficient (Wildman–Crippen LogP) is 1.66. The molecule has 0 saturated carbocycles. The van der Waals surface area contributed by atoms with Crippen LogP contribution in [0.2, 0.25) is 0 Å². The molecule has 26 heavy (non-hydrogen) atoms. The lowest BCUT2D eigenvalue weighted by Gasteiger charge is -2.22. The second-order valence-electron chi connectivity index (χ2n) is 7.29. The SMILES string of the molecule is CCn1c(=O)c2ccccc2n2c(CN3CCC(C)(CN)C3)nnc12.Cl. The van der Waals surface area contributed by atoms with Crippen molar-refractivity contribution in [3.63, 3.8) is 0 Å². The Balaban J connectivity index is 0.00000196. The van der Waals surface area contributed by atoms with Gasteiger partial charge < -0.3 is 5.73 Å². The number of fused-ring (bicyclic) bond motifs is 3. The van der Waals surface area contributed by atoms with Crippen LogP contribution in [-0.2, 0) is 13.1 Å². The Morgan fingerprint density at radius 2 is 2.04 bits per heavy atom. The molecule has 1 aromatic carbocycles. The van der Waals surface area contributed by atoms with E-state index in [1.165, 1.54) is 0 Å². The minimum atomic E-state index is -0.0126. The second-order valence-corrected chi connectivity index (χ2v) is 7.29. The molecular weight excluding hydrogens is 352 g/mol. The maximum absolute atomic E-state index is 12.7. The van der Waals surface area contributed by atoms with E-state index in [9.17, 15) is 4.79 Å². The molecule has 1 aliphatic heterocycles. The fourth-order valence-corrected chi connectivity index (χ4v) is 3.83. The Morgan fingerprint density at radius 1 is 1.27 bits per heavy atom. The molecule has 0 amide bonds. The zero-order valence-corrected chi connectivity index (χ0v) is 16.0. The Bertz CT molecular complexity index is 996. The molecule has 1 aliphatic rings. The van der Waals surface area contributed by atoms with Gasteiger partial charge in [0.1, 0.15) is 0 Å². The molecule has 8 heteroatoms. The third-order valence-corrected chi connectivity index (χ3v) is 5.39. The predicted molar refractivity (Wildman–Crippen MR) is 105 cm³/mol. The number of hydrogen-bond donors (Lipinski definition) is 1. The first-order valence-electron chi connectivity index (χ1n) is 8.84. The zero-order valence-electron chi connectivity index (χ0n) is 15.2. The molecule has 4 rings (SSSR count). The highest BCUT2D eigenvalue weighted by molar-refractivity contribution is 5.85. The van der Waals surface area contributed by atoms with Crippen LogP contribution in [0.25, 0.3) is 16.7 Å². The summed E-state index contributed by atoms with van der Waals surface area (Å²) < 4.78 is 3.71. The van der Waals surface area contributed by atoms with Crippen LogP contribution in [0.15, 0.2) is 29.1 Å². The van der Waals surface area contributed by atoms with Gasteiger partial charge in [0, 0.05) is 13.1 Å². The van der Waals surface area contributed by atoms with Gasteiger partial charge in [0.25, 0.3) is 5.56 Å². The van der Waals surface area contributed by atoms with Crippen molar-refractivity contribution in [2.24, 2.45) is 11.1 Å². The third kappa shape index (κ3) is 2.90. The standard InChI is InChI=1S/C18H24N6O.ClH/c1-3-23-16(25)13-6-4-5-7-14(13)24-15(20-21-17(23)24)10-22-9-8-18(2,11-19)12-22;/h4-7H,3,8-12,19H2,1-2H3;1H. The van der Waals surface area contributed by atoms with E-state index in [2.05, 4.69) is 22.0 Å². The molecule has 0 aliphatic carbocycles. The van der Waals surface area contributed by atoms with Crippen molar-refractivity contribution >= 4 is 29.1 Å². The molecule has 3 heterocycles. The molecule has 2 aromatic heterocycles. The van der Waals surface area contributed by atoms with Crippen molar-refractivity contribution in [1.29, 1.82) is 0 Å². The van der Waals surface area contributed by atoms with E-state index in [0.29, 0.717) is 30.8 Å². The fourth-order valence-electron chi connectivity index (χ4n) is 3.83. The minimum Gasteiger partial charge on any atom is -0.330 e. The van der Waals surface area contributed by atoms with Crippen molar-refractivity contribution in [3.8, 4) is 0 Å². The summed E-state index contributed by atoms with van der Waals surface area (Å²) in [6.07, 6.45) is 1.10. The lowest BCUT2D eigenvalue weighted by molar-refractivity contribution is 0.269. The van der Waals surface area contributed by atoms with Gasteiger partial charge in [-0.15, -0.1) is 22.6 Å². The van der Waals surface area contributed by atoms with Gasteiger partial charge in [-0.05, 0) is 44.0 Å². The largest absolute Gasteiger partial charge is 0.330 e. The fraction of sp³-hybridized carbons (Fsp3) is 0.500. The summed E-state index contributed by atoms with van der Waals surface area (Å²) in [5.41, 5.74) is 6.96. The molecular formula is C18H25ClN6O. The number of nitrogens with two attached hydrogens (primary N) is 1. The number of aryl methyl sites for hydroxylation is 1. The quantitative estimate of drug-likeness (QED) is 0.748. The Labute approximate surface area is 158 Å². The summed E-state index contributed by atoms with van der Waals surface area (Å²) in [6, 6.07) is 7.67. The van der Waals surface area contributed by atoms with Crippen molar-refractivity contribution in [1.82, 2.24) is 24.1 Å². The van der Waals surface area contributed by atoms with E-state index in [0.717, 1.165) is 30.9 Å². The summed E-state index contributed by atoms with van der Waals surface area (Å²) in [6.45, 7) is 8.14. The number of nitrogens with zero attached hydrogens (tertiary/aromatic N) is 5. The molecule has 0 radical (unpaired) electrons. The van der Waals surface area contributed by atoms with Crippen LogP contribution in [0.1, 0.15) is 26.1 Å². The number of aromatic nitrogens is 4. The van der Waals surface area contributed by atoms with Gasteiger partial charge in [-0.25, -0.2) is 0 Å². The Kier molecular flexibility index (Phi) is 5.05. The molecule has 1 atom stereocenters. The van der Waals surface area contributed by atoms with E-state index in [-0.39, 0.29) is 23.4 Å². The summed E-state index contributed by atoms with van der Waals surface area (Å²) >= 11 is 0. The lowest BCUT2D eigenvalue weighted by atomic mass is 9.90. The number of likely N-dealkylation sites (tertiary alicyclic amines) is 1. The van der Waals surface area contributed by atoms with Crippen LogP contribution in [0.4, 0.5) is 0 Å². The first kappa shape index (κ1) is 18.8. The molecule has 2 N–H and O–H groups in total. The molecule has 1 fully saturated rings. The number of halogens is 1. The maximum Gasteiger partial charge on any atom is 0.262 e. The topological polar surface area (TPSA) is 81.5 Å². The van der Waals surface area contributed by atoms with Gasteiger partial charge in [-0.2, -0.15) is 0 Å². The Hall–Kier alpha value is -1.96. The molecule has 0 spiro atoms. The van der Waals surface area contributed by atoms with Gasteiger partial charge in [-0.1, -0.05) is 19.1 Å². The van der Waals surface area contributed by atoms with Crippen LogP contribution in [-0.4, -0.2) is 43.7 Å². The summed E-state index contributed by atoms with van der Waals surface area (Å²) in [4.78, 5) is 15.1. The zero-order chi connectivity index (χ0) is 17.6. The molecule has 140 valence electrons. The Morgan fingerprint density at radius 3 is 2.73 bits per heavy atom. The van der Waals surface area contributed by atoms with Gasteiger partial charge in [0.15, 0.2) is 5.82 Å².